The predicted octanol–water partition coefficient (Wildman–Crippen LogP) is 2.36. The minimum atomic E-state index is -0.0518. The summed E-state index contributed by atoms with van der Waals surface area (Å²) in [6.07, 6.45) is 1.65. The third-order valence-corrected chi connectivity index (χ3v) is 3.36. The van der Waals surface area contributed by atoms with Crippen molar-refractivity contribution in [3.8, 4) is 0 Å². The van der Waals surface area contributed by atoms with Crippen molar-refractivity contribution in [3.63, 3.8) is 0 Å². The van der Waals surface area contributed by atoms with E-state index in [0.717, 1.165) is 18.9 Å². The molecule has 0 unspecified atom stereocenters. The monoisotopic (exact) mass is 292 g/mol. The van der Waals surface area contributed by atoms with Gasteiger partial charge < -0.3 is 10.6 Å². The predicted molar refractivity (Wildman–Crippen MR) is 87.7 cm³/mol. The summed E-state index contributed by atoms with van der Waals surface area (Å²) in [5.74, 6) is 0.681. The zero-order valence-corrected chi connectivity index (χ0v) is 13.8. The molecule has 5 heteroatoms. The molecule has 1 aromatic heterocycles. The van der Waals surface area contributed by atoms with E-state index in [9.17, 15) is 4.79 Å². The van der Waals surface area contributed by atoms with Gasteiger partial charge in [0.1, 0.15) is 5.82 Å². The van der Waals surface area contributed by atoms with Crippen LogP contribution in [-0.4, -0.2) is 47.5 Å². The number of amides is 1. The first-order chi connectivity index (χ1) is 9.95. The Hall–Kier alpha value is -1.62. The Bertz CT molecular complexity index is 438. The lowest BCUT2D eigenvalue weighted by Gasteiger charge is -2.30. The highest BCUT2D eigenvalue weighted by molar-refractivity contribution is 5.94. The second-order valence-corrected chi connectivity index (χ2v) is 5.64. The molecule has 118 valence electrons. The molecule has 0 bridgehead atoms. The van der Waals surface area contributed by atoms with Gasteiger partial charge in [0.05, 0.1) is 0 Å². The maximum absolute atomic E-state index is 12.1. The second kappa shape index (κ2) is 8.62. The first-order valence-electron chi connectivity index (χ1n) is 7.69. The van der Waals surface area contributed by atoms with Crippen molar-refractivity contribution < 1.29 is 4.79 Å². The van der Waals surface area contributed by atoms with Crippen molar-refractivity contribution in [2.24, 2.45) is 0 Å². The Kier molecular flexibility index (Phi) is 7.15. The van der Waals surface area contributed by atoms with Gasteiger partial charge in [-0.25, -0.2) is 4.98 Å². The molecule has 0 spiro atoms. The number of hydrogen-bond acceptors (Lipinski definition) is 4. The van der Waals surface area contributed by atoms with Crippen LogP contribution in [0.3, 0.4) is 0 Å². The average Bonchev–Trinajstić information content (AvgIpc) is 2.43. The lowest BCUT2D eigenvalue weighted by molar-refractivity contribution is 0.0939. The van der Waals surface area contributed by atoms with Gasteiger partial charge in [-0.05, 0) is 46.8 Å². The molecule has 5 nitrogen and oxygen atoms in total. The van der Waals surface area contributed by atoms with E-state index in [1.54, 1.807) is 18.3 Å². The molecule has 0 aromatic carbocycles. The van der Waals surface area contributed by atoms with E-state index in [1.165, 1.54) is 0 Å². The molecule has 0 aliphatic heterocycles. The topological polar surface area (TPSA) is 57.3 Å². The SMILES string of the molecule is CCNc1cc(C(=O)NCCN(C(C)C)C(C)C)ccn1. The van der Waals surface area contributed by atoms with Crippen LogP contribution in [0.4, 0.5) is 5.82 Å². The molecule has 1 rings (SSSR count). The van der Waals surface area contributed by atoms with Gasteiger partial charge in [-0.15, -0.1) is 0 Å². The summed E-state index contributed by atoms with van der Waals surface area (Å²) in [6.45, 7) is 13.0. The Morgan fingerprint density at radius 3 is 2.52 bits per heavy atom. The van der Waals surface area contributed by atoms with E-state index >= 15 is 0 Å². The number of nitrogens with zero attached hydrogens (tertiary/aromatic N) is 2. The van der Waals surface area contributed by atoms with Crippen molar-refractivity contribution in [2.75, 3.05) is 25.0 Å². The number of carbonyl (C=O) groups excluding carboxylic acids is 1. The fourth-order valence-corrected chi connectivity index (χ4v) is 2.36. The zero-order chi connectivity index (χ0) is 15.8. The largest absolute Gasteiger partial charge is 0.370 e. The molecule has 0 atom stereocenters. The van der Waals surface area contributed by atoms with E-state index in [2.05, 4.69) is 48.2 Å². The highest BCUT2D eigenvalue weighted by Crippen LogP contribution is 2.07. The molecule has 1 amide bonds. The van der Waals surface area contributed by atoms with Gasteiger partial charge in [0.2, 0.25) is 0 Å². The van der Waals surface area contributed by atoms with Gasteiger partial charge in [-0.3, -0.25) is 9.69 Å². The summed E-state index contributed by atoms with van der Waals surface area (Å²) in [7, 11) is 0. The van der Waals surface area contributed by atoms with Crippen molar-refractivity contribution in [2.45, 2.75) is 46.7 Å². The van der Waals surface area contributed by atoms with Gasteiger partial charge in [-0.2, -0.15) is 0 Å². The third-order valence-electron chi connectivity index (χ3n) is 3.36. The number of hydrogen-bond donors (Lipinski definition) is 2. The molecule has 0 aliphatic rings. The quantitative estimate of drug-likeness (QED) is 0.772. The molecule has 0 aliphatic carbocycles. The second-order valence-electron chi connectivity index (χ2n) is 5.64. The number of rotatable bonds is 8. The smallest absolute Gasteiger partial charge is 0.251 e. The maximum atomic E-state index is 12.1. The summed E-state index contributed by atoms with van der Waals surface area (Å²) in [4.78, 5) is 18.7. The van der Waals surface area contributed by atoms with E-state index in [0.29, 0.717) is 24.2 Å². The average molecular weight is 292 g/mol. The van der Waals surface area contributed by atoms with Gasteiger partial charge in [0, 0.05) is 43.5 Å². The van der Waals surface area contributed by atoms with E-state index in [1.807, 2.05) is 6.92 Å². The zero-order valence-electron chi connectivity index (χ0n) is 13.8. The van der Waals surface area contributed by atoms with Crippen molar-refractivity contribution in [3.05, 3.63) is 23.9 Å². The van der Waals surface area contributed by atoms with Gasteiger partial charge in [-0.1, -0.05) is 0 Å². The number of aromatic nitrogens is 1. The van der Waals surface area contributed by atoms with Gasteiger partial charge in [0.25, 0.3) is 5.91 Å². The van der Waals surface area contributed by atoms with Crippen molar-refractivity contribution in [1.82, 2.24) is 15.2 Å². The Morgan fingerprint density at radius 1 is 1.29 bits per heavy atom. The molecular weight excluding hydrogens is 264 g/mol. The molecule has 0 radical (unpaired) electrons. The van der Waals surface area contributed by atoms with E-state index < -0.39 is 0 Å². The molecule has 0 saturated heterocycles. The molecule has 2 N–H and O–H groups in total. The Balaban J connectivity index is 2.52. The Morgan fingerprint density at radius 2 is 1.95 bits per heavy atom. The third kappa shape index (κ3) is 5.71. The summed E-state index contributed by atoms with van der Waals surface area (Å²) in [5, 5.41) is 6.08. The number of carbonyl (C=O) groups is 1. The van der Waals surface area contributed by atoms with Crippen LogP contribution in [0.2, 0.25) is 0 Å². The summed E-state index contributed by atoms with van der Waals surface area (Å²) in [5.41, 5.74) is 0.640. The highest BCUT2D eigenvalue weighted by atomic mass is 16.1. The highest BCUT2D eigenvalue weighted by Gasteiger charge is 2.13. The van der Waals surface area contributed by atoms with Crippen LogP contribution in [0.5, 0.6) is 0 Å². The Labute approximate surface area is 128 Å². The van der Waals surface area contributed by atoms with Gasteiger partial charge >= 0.3 is 0 Å². The van der Waals surface area contributed by atoms with Gasteiger partial charge in [0.15, 0.2) is 0 Å². The van der Waals surface area contributed by atoms with E-state index in [-0.39, 0.29) is 5.91 Å². The van der Waals surface area contributed by atoms with Crippen LogP contribution in [0.15, 0.2) is 18.3 Å². The lowest BCUT2D eigenvalue weighted by atomic mass is 10.2. The fourth-order valence-electron chi connectivity index (χ4n) is 2.36. The maximum Gasteiger partial charge on any atom is 0.251 e. The summed E-state index contributed by atoms with van der Waals surface area (Å²) in [6, 6.07) is 4.46. The first kappa shape index (κ1) is 17.4. The molecule has 0 saturated carbocycles. The van der Waals surface area contributed by atoms with Crippen LogP contribution in [0, 0.1) is 0 Å². The number of nitrogens with one attached hydrogen (secondary N) is 2. The molecular formula is C16H28N4O. The standard InChI is InChI=1S/C16H28N4O/c1-6-17-15-11-14(7-8-18-15)16(21)19-9-10-20(12(2)3)13(4)5/h7-8,11-13H,6,9-10H2,1-5H3,(H,17,18)(H,19,21). The molecule has 0 fully saturated rings. The normalized spacial score (nSPS) is 11.2. The van der Waals surface area contributed by atoms with Crippen molar-refractivity contribution >= 4 is 11.7 Å². The summed E-state index contributed by atoms with van der Waals surface area (Å²) >= 11 is 0. The van der Waals surface area contributed by atoms with Crippen LogP contribution in [-0.2, 0) is 0 Å². The van der Waals surface area contributed by atoms with Crippen LogP contribution >= 0.6 is 0 Å². The molecule has 21 heavy (non-hydrogen) atoms. The molecule has 1 aromatic rings. The van der Waals surface area contributed by atoms with Crippen LogP contribution in [0.1, 0.15) is 45.0 Å². The number of anilines is 1. The minimum Gasteiger partial charge on any atom is -0.370 e. The van der Waals surface area contributed by atoms with Crippen molar-refractivity contribution in [1.29, 1.82) is 0 Å². The fraction of sp³-hybridized carbons (Fsp3) is 0.625. The van der Waals surface area contributed by atoms with Crippen LogP contribution < -0.4 is 10.6 Å². The number of pyridine rings is 1. The molecule has 1 heterocycles. The van der Waals surface area contributed by atoms with Crippen LogP contribution in [0.25, 0.3) is 0 Å². The van der Waals surface area contributed by atoms with E-state index in [4.69, 9.17) is 0 Å². The minimum absolute atomic E-state index is 0.0518. The summed E-state index contributed by atoms with van der Waals surface area (Å²) < 4.78 is 0. The first-order valence-corrected chi connectivity index (χ1v) is 7.69. The lowest BCUT2D eigenvalue weighted by Crippen LogP contribution is -2.42.